The van der Waals surface area contributed by atoms with Crippen LogP contribution >= 0.6 is 0 Å². The number of aromatic nitrogens is 1. The van der Waals surface area contributed by atoms with Gasteiger partial charge in [0.05, 0.1) is 5.52 Å². The highest BCUT2D eigenvalue weighted by molar-refractivity contribution is 5.91. The topological polar surface area (TPSA) is 45.1 Å². The number of halogens is 3. The molecule has 0 radical (unpaired) electrons. The highest BCUT2D eigenvalue weighted by Gasteiger charge is 2.33. The number of phenols is 1. The second-order valence-corrected chi connectivity index (χ2v) is 5.38. The van der Waals surface area contributed by atoms with Gasteiger partial charge in [0.15, 0.2) is 0 Å². The number of para-hydroxylation sites is 2. The normalized spacial score (nSPS) is 11.6. The molecule has 0 aliphatic rings. The van der Waals surface area contributed by atoms with Gasteiger partial charge in [0, 0.05) is 17.6 Å². The summed E-state index contributed by atoms with van der Waals surface area (Å²) in [6, 6.07) is 14.6. The van der Waals surface area contributed by atoms with Crippen molar-refractivity contribution in [2.24, 2.45) is 0 Å². The number of alkyl halides is 3. The highest BCUT2D eigenvalue weighted by atomic mass is 19.4. The lowest BCUT2D eigenvalue weighted by Crippen LogP contribution is -2.11. The maximum absolute atomic E-state index is 13.0. The predicted molar refractivity (Wildman–Crippen MR) is 87.0 cm³/mol. The monoisotopic (exact) mass is 332 g/mol. The van der Waals surface area contributed by atoms with E-state index in [4.69, 9.17) is 0 Å². The average molecular weight is 332 g/mol. The molecule has 0 amide bonds. The van der Waals surface area contributed by atoms with E-state index in [1.54, 1.807) is 48.5 Å². The van der Waals surface area contributed by atoms with Gasteiger partial charge in [-0.2, -0.15) is 13.2 Å². The number of aromatic hydroxyl groups is 1. The molecule has 0 atom stereocenters. The maximum Gasteiger partial charge on any atom is 0.433 e. The molecule has 0 saturated heterocycles. The predicted octanol–water partition coefficient (Wildman–Crippen LogP) is 4.61. The first-order valence-electron chi connectivity index (χ1n) is 7.43. The van der Waals surface area contributed by atoms with Crippen LogP contribution in [0.15, 0.2) is 54.6 Å². The van der Waals surface area contributed by atoms with Gasteiger partial charge in [0.2, 0.25) is 0 Å². The van der Waals surface area contributed by atoms with Gasteiger partial charge in [-0.3, -0.25) is 0 Å². The van der Waals surface area contributed by atoms with Crippen molar-refractivity contribution < 1.29 is 18.3 Å². The first-order chi connectivity index (χ1) is 11.4. The maximum atomic E-state index is 13.0. The molecule has 0 bridgehead atoms. The van der Waals surface area contributed by atoms with Crippen LogP contribution in [0.2, 0.25) is 0 Å². The summed E-state index contributed by atoms with van der Waals surface area (Å²) in [5.41, 5.74) is 0.478. The van der Waals surface area contributed by atoms with Crippen molar-refractivity contribution in [2.75, 3.05) is 11.9 Å². The van der Waals surface area contributed by atoms with Gasteiger partial charge in [-0.25, -0.2) is 4.98 Å². The Morgan fingerprint density at radius 3 is 2.46 bits per heavy atom. The van der Waals surface area contributed by atoms with Crippen LogP contribution < -0.4 is 5.32 Å². The highest BCUT2D eigenvalue weighted by Crippen LogP contribution is 2.33. The standard InChI is InChI=1S/C18H15F3N2O/c19-18(20,21)17-11-15(13-6-2-3-7-14(13)23-17)22-10-9-12-5-1-4-8-16(12)24/h1-8,11,24H,9-10H2,(H,22,23). The molecule has 124 valence electrons. The van der Waals surface area contributed by atoms with Crippen LogP contribution in [0.4, 0.5) is 18.9 Å². The molecule has 0 aliphatic carbocycles. The fraction of sp³-hybridized carbons (Fsp3) is 0.167. The zero-order chi connectivity index (χ0) is 17.2. The summed E-state index contributed by atoms with van der Waals surface area (Å²) in [5, 5.41) is 13.4. The minimum atomic E-state index is -4.50. The summed E-state index contributed by atoms with van der Waals surface area (Å²) in [4.78, 5) is 3.68. The molecule has 2 N–H and O–H groups in total. The summed E-state index contributed by atoms with van der Waals surface area (Å²) in [6.45, 7) is 0.392. The largest absolute Gasteiger partial charge is 0.508 e. The zero-order valence-electron chi connectivity index (χ0n) is 12.6. The number of fused-ring (bicyclic) bond motifs is 1. The number of hydrogen-bond donors (Lipinski definition) is 2. The third kappa shape index (κ3) is 3.42. The van der Waals surface area contributed by atoms with Crippen molar-refractivity contribution in [1.82, 2.24) is 4.98 Å². The van der Waals surface area contributed by atoms with Gasteiger partial charge in [-0.05, 0) is 30.2 Å². The van der Waals surface area contributed by atoms with E-state index in [-0.39, 0.29) is 11.3 Å². The summed E-state index contributed by atoms with van der Waals surface area (Å²) < 4.78 is 39.0. The lowest BCUT2D eigenvalue weighted by molar-refractivity contribution is -0.140. The second kappa shape index (κ2) is 6.39. The Morgan fingerprint density at radius 1 is 1.00 bits per heavy atom. The Bertz CT molecular complexity index is 862. The Kier molecular flexibility index (Phi) is 4.29. The molecule has 0 saturated carbocycles. The molecule has 3 rings (SSSR count). The molecule has 3 aromatic rings. The molecule has 0 fully saturated rings. The van der Waals surface area contributed by atoms with Crippen molar-refractivity contribution in [3.63, 3.8) is 0 Å². The Morgan fingerprint density at radius 2 is 1.71 bits per heavy atom. The number of rotatable bonds is 4. The third-order valence-electron chi connectivity index (χ3n) is 3.71. The first-order valence-corrected chi connectivity index (χ1v) is 7.43. The molecule has 0 aliphatic heterocycles. The van der Waals surface area contributed by atoms with Gasteiger partial charge < -0.3 is 10.4 Å². The van der Waals surface area contributed by atoms with Crippen molar-refractivity contribution in [3.8, 4) is 5.75 Å². The number of anilines is 1. The lowest BCUT2D eigenvalue weighted by Gasteiger charge is -2.13. The van der Waals surface area contributed by atoms with E-state index in [2.05, 4.69) is 10.3 Å². The molecule has 2 aromatic carbocycles. The summed E-state index contributed by atoms with van der Waals surface area (Å²) >= 11 is 0. The average Bonchev–Trinajstić information content (AvgIpc) is 2.55. The van der Waals surface area contributed by atoms with Crippen LogP contribution in [0, 0.1) is 0 Å². The summed E-state index contributed by atoms with van der Waals surface area (Å²) in [6.07, 6.45) is -4.01. The molecular formula is C18H15F3N2O. The zero-order valence-corrected chi connectivity index (χ0v) is 12.6. The Labute approximate surface area is 136 Å². The quantitative estimate of drug-likeness (QED) is 0.733. The van der Waals surface area contributed by atoms with Crippen LogP contribution in [0.1, 0.15) is 11.3 Å². The van der Waals surface area contributed by atoms with Gasteiger partial charge in [0.1, 0.15) is 11.4 Å². The first kappa shape index (κ1) is 16.1. The van der Waals surface area contributed by atoms with Crippen LogP contribution in [0.5, 0.6) is 5.75 Å². The molecule has 6 heteroatoms. The van der Waals surface area contributed by atoms with E-state index < -0.39 is 11.9 Å². The van der Waals surface area contributed by atoms with E-state index in [0.29, 0.717) is 24.0 Å². The van der Waals surface area contributed by atoms with Crippen LogP contribution in [-0.2, 0) is 12.6 Å². The number of pyridine rings is 1. The van der Waals surface area contributed by atoms with Gasteiger partial charge in [-0.1, -0.05) is 36.4 Å². The third-order valence-corrected chi connectivity index (χ3v) is 3.71. The molecule has 1 heterocycles. The second-order valence-electron chi connectivity index (χ2n) is 5.38. The molecule has 1 aromatic heterocycles. The number of hydrogen-bond acceptors (Lipinski definition) is 3. The lowest BCUT2D eigenvalue weighted by atomic mass is 10.1. The Balaban J connectivity index is 1.86. The number of nitrogens with one attached hydrogen (secondary N) is 1. The minimum absolute atomic E-state index is 0.176. The number of benzene rings is 2. The number of phenolic OH excluding ortho intramolecular Hbond substituents is 1. The number of nitrogens with zero attached hydrogens (tertiary/aromatic N) is 1. The Hall–Kier alpha value is -2.76. The van der Waals surface area contributed by atoms with E-state index in [1.165, 1.54) is 0 Å². The fourth-order valence-electron chi connectivity index (χ4n) is 2.52. The van der Waals surface area contributed by atoms with Crippen LogP contribution in [-0.4, -0.2) is 16.6 Å². The van der Waals surface area contributed by atoms with Gasteiger partial charge in [-0.15, -0.1) is 0 Å². The summed E-state index contributed by atoms with van der Waals surface area (Å²) in [7, 11) is 0. The van der Waals surface area contributed by atoms with Crippen molar-refractivity contribution in [1.29, 1.82) is 0 Å². The molecule has 3 nitrogen and oxygen atoms in total. The minimum Gasteiger partial charge on any atom is -0.508 e. The van der Waals surface area contributed by atoms with Crippen LogP contribution in [0.25, 0.3) is 10.9 Å². The molecular weight excluding hydrogens is 317 g/mol. The van der Waals surface area contributed by atoms with Crippen LogP contribution in [0.3, 0.4) is 0 Å². The molecule has 24 heavy (non-hydrogen) atoms. The van der Waals surface area contributed by atoms with Gasteiger partial charge in [0.25, 0.3) is 0 Å². The fourth-order valence-corrected chi connectivity index (χ4v) is 2.52. The van der Waals surface area contributed by atoms with Crippen molar-refractivity contribution >= 4 is 16.6 Å². The van der Waals surface area contributed by atoms with Gasteiger partial charge >= 0.3 is 6.18 Å². The van der Waals surface area contributed by atoms with E-state index in [9.17, 15) is 18.3 Å². The van der Waals surface area contributed by atoms with Crippen molar-refractivity contribution in [2.45, 2.75) is 12.6 Å². The van der Waals surface area contributed by atoms with E-state index in [1.807, 2.05) is 0 Å². The van der Waals surface area contributed by atoms with E-state index >= 15 is 0 Å². The summed E-state index contributed by atoms with van der Waals surface area (Å²) in [5.74, 6) is 0.176. The molecule has 0 spiro atoms. The van der Waals surface area contributed by atoms with Crippen molar-refractivity contribution in [3.05, 3.63) is 65.9 Å². The smallest absolute Gasteiger partial charge is 0.433 e. The molecule has 0 unspecified atom stereocenters. The van der Waals surface area contributed by atoms with E-state index in [0.717, 1.165) is 11.6 Å². The SMILES string of the molecule is Oc1ccccc1CCNc1cc(C(F)(F)F)nc2ccccc12.